The summed E-state index contributed by atoms with van der Waals surface area (Å²) in [6.07, 6.45) is 4.53. The van der Waals surface area contributed by atoms with Gasteiger partial charge in [0.2, 0.25) is 5.82 Å². The fraction of sp³-hybridized carbons (Fsp3) is 0.227. The summed E-state index contributed by atoms with van der Waals surface area (Å²) in [7, 11) is 0. The number of rotatable bonds is 5. The summed E-state index contributed by atoms with van der Waals surface area (Å²) in [5, 5.41) is 13.4. The number of fused-ring (bicyclic) bond motifs is 1. The van der Waals surface area contributed by atoms with Crippen molar-refractivity contribution in [2.24, 2.45) is 0 Å². The Kier molecular flexibility index (Phi) is 5.87. The number of anilines is 1. The molecule has 0 atom stereocenters. The SMILES string of the molecule is N#Cc1nc2c(c(NCCc3ccccc3Cl)n1)CCN(C(=O)c1cccnc1)C2. The normalized spacial score (nSPS) is 12.7. The van der Waals surface area contributed by atoms with Gasteiger partial charge in [0.05, 0.1) is 17.8 Å². The minimum absolute atomic E-state index is 0.0877. The number of hydrogen-bond acceptors (Lipinski definition) is 6. The molecule has 0 aliphatic carbocycles. The number of benzene rings is 1. The molecular formula is C22H19ClN6O. The molecule has 1 aliphatic heterocycles. The van der Waals surface area contributed by atoms with E-state index in [-0.39, 0.29) is 11.7 Å². The third-order valence-electron chi connectivity index (χ3n) is 5.01. The second-order valence-corrected chi connectivity index (χ2v) is 7.33. The Morgan fingerprint density at radius 1 is 1.23 bits per heavy atom. The van der Waals surface area contributed by atoms with E-state index < -0.39 is 0 Å². The molecular weight excluding hydrogens is 400 g/mol. The zero-order valence-electron chi connectivity index (χ0n) is 16.2. The van der Waals surface area contributed by atoms with Crippen LogP contribution in [0.4, 0.5) is 5.82 Å². The third kappa shape index (κ3) is 4.24. The zero-order chi connectivity index (χ0) is 20.9. The molecule has 0 bridgehead atoms. The zero-order valence-corrected chi connectivity index (χ0v) is 16.9. The van der Waals surface area contributed by atoms with Gasteiger partial charge in [-0.2, -0.15) is 5.26 Å². The van der Waals surface area contributed by atoms with Crippen molar-refractivity contribution in [3.8, 4) is 6.07 Å². The first-order chi connectivity index (χ1) is 14.7. The van der Waals surface area contributed by atoms with Gasteiger partial charge in [-0.25, -0.2) is 9.97 Å². The van der Waals surface area contributed by atoms with E-state index in [0.717, 1.165) is 22.6 Å². The Bertz CT molecular complexity index is 1110. The van der Waals surface area contributed by atoms with Gasteiger partial charge < -0.3 is 10.2 Å². The quantitative estimate of drug-likeness (QED) is 0.683. The minimum atomic E-state index is -0.0981. The van der Waals surface area contributed by atoms with Gasteiger partial charge in [-0.3, -0.25) is 9.78 Å². The number of aromatic nitrogens is 3. The lowest BCUT2D eigenvalue weighted by atomic mass is 10.0. The van der Waals surface area contributed by atoms with E-state index in [1.54, 1.807) is 29.4 Å². The lowest BCUT2D eigenvalue weighted by Crippen LogP contribution is -2.37. The van der Waals surface area contributed by atoms with Crippen molar-refractivity contribution >= 4 is 23.3 Å². The van der Waals surface area contributed by atoms with Crippen molar-refractivity contribution < 1.29 is 4.79 Å². The molecule has 0 saturated carbocycles. The van der Waals surface area contributed by atoms with E-state index in [9.17, 15) is 10.1 Å². The summed E-state index contributed by atoms with van der Waals surface area (Å²) in [5.74, 6) is 0.640. The van der Waals surface area contributed by atoms with Crippen LogP contribution in [0.5, 0.6) is 0 Å². The molecule has 3 heterocycles. The molecule has 1 N–H and O–H groups in total. The Morgan fingerprint density at radius 2 is 2.10 bits per heavy atom. The molecule has 0 radical (unpaired) electrons. The number of nitriles is 1. The van der Waals surface area contributed by atoms with Gasteiger partial charge >= 0.3 is 0 Å². The molecule has 1 aliphatic rings. The van der Waals surface area contributed by atoms with E-state index in [4.69, 9.17) is 11.6 Å². The molecule has 0 spiro atoms. The van der Waals surface area contributed by atoms with Crippen LogP contribution in [0.3, 0.4) is 0 Å². The molecule has 1 amide bonds. The fourth-order valence-corrected chi connectivity index (χ4v) is 3.72. The highest BCUT2D eigenvalue weighted by Crippen LogP contribution is 2.25. The smallest absolute Gasteiger partial charge is 0.255 e. The molecule has 0 fully saturated rings. The number of carbonyl (C=O) groups excluding carboxylic acids is 1. The first-order valence-electron chi connectivity index (χ1n) is 9.62. The van der Waals surface area contributed by atoms with E-state index in [1.807, 2.05) is 30.3 Å². The van der Waals surface area contributed by atoms with Crippen molar-refractivity contribution in [1.29, 1.82) is 5.26 Å². The predicted octanol–water partition coefficient (Wildman–Crippen LogP) is 3.25. The molecule has 0 unspecified atom stereocenters. The molecule has 0 saturated heterocycles. The molecule has 2 aromatic heterocycles. The van der Waals surface area contributed by atoms with Gasteiger partial charge in [0.1, 0.15) is 11.9 Å². The summed E-state index contributed by atoms with van der Waals surface area (Å²) < 4.78 is 0. The maximum absolute atomic E-state index is 12.8. The van der Waals surface area contributed by atoms with Crippen LogP contribution in [0, 0.1) is 11.3 Å². The maximum Gasteiger partial charge on any atom is 0.255 e. The van der Waals surface area contributed by atoms with Gasteiger partial charge in [-0.05, 0) is 36.6 Å². The summed E-state index contributed by atoms with van der Waals surface area (Å²) in [5.41, 5.74) is 3.23. The van der Waals surface area contributed by atoms with Gasteiger partial charge in [-0.1, -0.05) is 29.8 Å². The van der Waals surface area contributed by atoms with Crippen molar-refractivity contribution in [2.75, 3.05) is 18.4 Å². The summed E-state index contributed by atoms with van der Waals surface area (Å²) in [4.78, 5) is 27.2. The van der Waals surface area contributed by atoms with Crippen LogP contribution in [0.25, 0.3) is 0 Å². The number of hydrogen-bond donors (Lipinski definition) is 1. The average molecular weight is 419 g/mol. The lowest BCUT2D eigenvalue weighted by Gasteiger charge is -2.29. The molecule has 150 valence electrons. The van der Waals surface area contributed by atoms with Crippen molar-refractivity contribution in [2.45, 2.75) is 19.4 Å². The van der Waals surface area contributed by atoms with Crippen LogP contribution in [0.15, 0.2) is 48.8 Å². The van der Waals surface area contributed by atoms with Gasteiger partial charge in [0, 0.05) is 36.1 Å². The van der Waals surface area contributed by atoms with E-state index in [0.29, 0.717) is 43.1 Å². The van der Waals surface area contributed by atoms with E-state index in [2.05, 4.69) is 20.3 Å². The summed E-state index contributed by atoms with van der Waals surface area (Å²) in [6.45, 7) is 1.50. The maximum atomic E-state index is 12.8. The summed E-state index contributed by atoms with van der Waals surface area (Å²) >= 11 is 6.23. The highest BCUT2D eigenvalue weighted by molar-refractivity contribution is 6.31. The topological polar surface area (TPSA) is 94.8 Å². The highest BCUT2D eigenvalue weighted by atomic mass is 35.5. The first kappa shape index (κ1) is 19.8. The number of nitrogens with zero attached hydrogens (tertiary/aromatic N) is 5. The van der Waals surface area contributed by atoms with Crippen LogP contribution in [-0.4, -0.2) is 38.8 Å². The second-order valence-electron chi connectivity index (χ2n) is 6.92. The molecule has 8 heteroatoms. The third-order valence-corrected chi connectivity index (χ3v) is 5.37. The van der Waals surface area contributed by atoms with Crippen LogP contribution >= 0.6 is 11.6 Å². The van der Waals surface area contributed by atoms with Crippen LogP contribution in [0.2, 0.25) is 5.02 Å². The number of carbonyl (C=O) groups is 1. The Labute approximate surface area is 179 Å². The minimum Gasteiger partial charge on any atom is -0.369 e. The lowest BCUT2D eigenvalue weighted by molar-refractivity contribution is 0.0731. The number of halogens is 1. The van der Waals surface area contributed by atoms with Gasteiger partial charge in [0.25, 0.3) is 5.91 Å². The number of nitrogens with one attached hydrogen (secondary N) is 1. The standard InChI is InChI=1S/C22H19ClN6O/c23-18-6-2-1-4-15(18)7-10-26-21-17-8-11-29(14-19(17)27-20(12-24)28-21)22(30)16-5-3-9-25-13-16/h1-6,9,13H,7-8,10-11,14H2,(H,26,27,28). The molecule has 7 nitrogen and oxygen atoms in total. The Hall–Kier alpha value is -3.50. The molecule has 1 aromatic carbocycles. The van der Waals surface area contributed by atoms with Crippen molar-refractivity contribution in [3.05, 3.63) is 82.0 Å². The average Bonchev–Trinajstić information content (AvgIpc) is 2.79. The molecule has 30 heavy (non-hydrogen) atoms. The van der Waals surface area contributed by atoms with Crippen LogP contribution in [-0.2, 0) is 19.4 Å². The Balaban J connectivity index is 1.51. The summed E-state index contributed by atoms with van der Waals surface area (Å²) in [6, 6.07) is 13.2. The highest BCUT2D eigenvalue weighted by Gasteiger charge is 2.26. The fourth-order valence-electron chi connectivity index (χ4n) is 3.49. The Morgan fingerprint density at radius 3 is 2.87 bits per heavy atom. The first-order valence-corrected chi connectivity index (χ1v) is 10.00. The van der Waals surface area contributed by atoms with Crippen LogP contribution < -0.4 is 5.32 Å². The van der Waals surface area contributed by atoms with E-state index in [1.165, 1.54) is 0 Å². The van der Waals surface area contributed by atoms with Gasteiger partial charge in [-0.15, -0.1) is 0 Å². The van der Waals surface area contributed by atoms with Crippen LogP contribution in [0.1, 0.15) is 33.0 Å². The second kappa shape index (κ2) is 8.89. The molecule has 4 rings (SSSR count). The number of pyridine rings is 1. The van der Waals surface area contributed by atoms with Gasteiger partial charge in [0.15, 0.2) is 0 Å². The number of amides is 1. The van der Waals surface area contributed by atoms with Crippen molar-refractivity contribution in [3.63, 3.8) is 0 Å². The monoisotopic (exact) mass is 418 g/mol. The predicted molar refractivity (Wildman–Crippen MR) is 113 cm³/mol. The largest absolute Gasteiger partial charge is 0.369 e. The van der Waals surface area contributed by atoms with E-state index >= 15 is 0 Å². The van der Waals surface area contributed by atoms with Crippen molar-refractivity contribution in [1.82, 2.24) is 19.9 Å². The molecule has 3 aromatic rings.